The molecular weight excluding hydrogens is 740 g/mol. The van der Waals surface area contributed by atoms with Crippen LogP contribution in [0.5, 0.6) is 0 Å². The summed E-state index contributed by atoms with van der Waals surface area (Å²) in [4.78, 5) is 32.0. The highest BCUT2D eigenvalue weighted by atomic mass is 79.9. The van der Waals surface area contributed by atoms with E-state index in [1.54, 1.807) is 9.80 Å². The van der Waals surface area contributed by atoms with E-state index in [9.17, 15) is 9.59 Å². The summed E-state index contributed by atoms with van der Waals surface area (Å²) in [6.45, 7) is 0. The highest BCUT2D eigenvalue weighted by Gasteiger charge is 2.49. The van der Waals surface area contributed by atoms with Gasteiger partial charge in [0.15, 0.2) is 0 Å². The number of halogens is 4. The van der Waals surface area contributed by atoms with Crippen molar-refractivity contribution in [3.8, 4) is 0 Å². The second-order valence-electron chi connectivity index (χ2n) is 8.69. The lowest BCUT2D eigenvalue weighted by molar-refractivity contribution is -0.115. The van der Waals surface area contributed by atoms with Crippen LogP contribution in [-0.2, 0) is 9.59 Å². The minimum atomic E-state index is -0.244. The first-order valence-electron chi connectivity index (χ1n) is 11.5. The van der Waals surface area contributed by atoms with Gasteiger partial charge in [-0.3, -0.25) is 19.4 Å². The summed E-state index contributed by atoms with van der Waals surface area (Å²) in [5.74, 6) is -0.489. The van der Waals surface area contributed by atoms with E-state index >= 15 is 0 Å². The van der Waals surface area contributed by atoms with E-state index in [0.717, 1.165) is 29.0 Å². The number of fused-ring (bicyclic) bond motifs is 1. The van der Waals surface area contributed by atoms with Crippen molar-refractivity contribution in [1.82, 2.24) is 0 Å². The summed E-state index contributed by atoms with van der Waals surface area (Å²) in [6.07, 6.45) is 0. The van der Waals surface area contributed by atoms with Crippen molar-refractivity contribution in [2.75, 3.05) is 9.80 Å². The quantitative estimate of drug-likeness (QED) is 0.209. The molecule has 2 aliphatic rings. The van der Waals surface area contributed by atoms with Crippen molar-refractivity contribution in [2.45, 2.75) is 0 Å². The van der Waals surface area contributed by atoms with Crippen LogP contribution in [0.4, 0.5) is 11.4 Å². The number of carbonyl (C=O) groups excluding carboxylic acids is 2. The molecule has 0 aromatic heterocycles. The van der Waals surface area contributed by atoms with Crippen molar-refractivity contribution >= 4 is 98.3 Å². The average Bonchev–Trinajstić information content (AvgIpc) is 3.38. The molecule has 0 fully saturated rings. The maximum Gasteiger partial charge on any atom is 0.265 e. The molecule has 0 bridgehead atoms. The van der Waals surface area contributed by atoms with Gasteiger partial charge in [0.25, 0.3) is 11.8 Å². The van der Waals surface area contributed by atoms with Gasteiger partial charge in [-0.25, -0.2) is 0 Å². The van der Waals surface area contributed by atoms with Crippen molar-refractivity contribution in [2.24, 2.45) is 0 Å². The molecule has 2 heterocycles. The van der Waals surface area contributed by atoms with Crippen LogP contribution in [0.3, 0.4) is 0 Å². The molecule has 2 aliphatic heterocycles. The number of nitrogens with zero attached hydrogens (tertiary/aromatic N) is 2. The molecule has 2 amide bonds. The summed E-state index contributed by atoms with van der Waals surface area (Å²) >= 11 is 14.0. The lowest BCUT2D eigenvalue weighted by atomic mass is 10.0. The molecular formula is C30H16Br4N2O2. The maximum atomic E-state index is 14.4. The Hall–Kier alpha value is -2.78. The van der Waals surface area contributed by atoms with E-state index in [2.05, 4.69) is 63.7 Å². The predicted octanol–water partition coefficient (Wildman–Crippen LogP) is 8.95. The van der Waals surface area contributed by atoms with Gasteiger partial charge < -0.3 is 0 Å². The molecule has 0 saturated heterocycles. The number of amides is 2. The third-order valence-corrected chi connectivity index (χ3v) is 8.52. The topological polar surface area (TPSA) is 40.6 Å². The van der Waals surface area contributed by atoms with E-state index in [4.69, 9.17) is 0 Å². The zero-order valence-electron chi connectivity index (χ0n) is 19.5. The average molecular weight is 756 g/mol. The molecule has 0 saturated carbocycles. The van der Waals surface area contributed by atoms with Gasteiger partial charge in [0, 0.05) is 29.3 Å². The van der Waals surface area contributed by atoms with Gasteiger partial charge in [0.1, 0.15) is 0 Å². The summed E-state index contributed by atoms with van der Waals surface area (Å²) in [5.41, 5.74) is 4.83. The molecule has 186 valence electrons. The molecule has 0 radical (unpaired) electrons. The highest BCUT2D eigenvalue weighted by molar-refractivity contribution is 9.11. The first-order chi connectivity index (χ1) is 18.3. The monoisotopic (exact) mass is 752 g/mol. The van der Waals surface area contributed by atoms with Gasteiger partial charge in [0.2, 0.25) is 0 Å². The van der Waals surface area contributed by atoms with Crippen molar-refractivity contribution in [1.29, 1.82) is 0 Å². The van der Waals surface area contributed by atoms with Gasteiger partial charge in [-0.2, -0.15) is 0 Å². The summed E-state index contributed by atoms with van der Waals surface area (Å²) < 4.78 is 3.62. The number of benzene rings is 4. The highest BCUT2D eigenvalue weighted by Crippen LogP contribution is 2.49. The number of carbonyl (C=O) groups is 2. The molecule has 38 heavy (non-hydrogen) atoms. The van der Waals surface area contributed by atoms with Gasteiger partial charge in [-0.1, -0.05) is 88.0 Å². The molecule has 0 N–H and O–H groups in total. The van der Waals surface area contributed by atoms with Crippen LogP contribution < -0.4 is 9.80 Å². The summed E-state index contributed by atoms with van der Waals surface area (Å²) in [5, 5.41) is 0. The van der Waals surface area contributed by atoms with Gasteiger partial charge in [-0.05, 0) is 83.9 Å². The molecule has 0 spiro atoms. The fourth-order valence-electron chi connectivity index (χ4n) is 4.74. The minimum Gasteiger partial charge on any atom is -0.275 e. The second-order valence-corrected chi connectivity index (χ2v) is 12.4. The van der Waals surface area contributed by atoms with E-state index in [-0.39, 0.29) is 11.8 Å². The molecule has 4 nitrogen and oxygen atoms in total. The van der Waals surface area contributed by atoms with Crippen LogP contribution in [-0.4, -0.2) is 11.8 Å². The Kier molecular flexibility index (Phi) is 6.76. The molecule has 6 rings (SSSR count). The van der Waals surface area contributed by atoms with Gasteiger partial charge in [-0.15, -0.1) is 0 Å². The first kappa shape index (κ1) is 25.5. The zero-order chi connectivity index (χ0) is 26.6. The molecule has 0 atom stereocenters. The standard InChI is InChI=1S/C30H16Br4N2O2/c31-19-5-1-17(2-6-19)27-25-26(30(38)35(27)23-13-9-21(33)10-14-23)28(18-3-7-20(32)8-4-18)36(29(25)37)24-15-11-22(34)12-16-24/h1-16H. The van der Waals surface area contributed by atoms with Crippen LogP contribution in [0.25, 0.3) is 11.4 Å². The van der Waals surface area contributed by atoms with E-state index in [0.29, 0.717) is 33.9 Å². The third-order valence-electron chi connectivity index (χ3n) is 6.41. The number of hydrogen-bond acceptors (Lipinski definition) is 2. The van der Waals surface area contributed by atoms with E-state index in [1.165, 1.54) is 0 Å². The Bertz CT molecular complexity index is 1530. The number of hydrogen-bond donors (Lipinski definition) is 0. The Balaban J connectivity index is 1.66. The van der Waals surface area contributed by atoms with Gasteiger partial charge in [0.05, 0.1) is 22.5 Å². The van der Waals surface area contributed by atoms with Crippen LogP contribution in [0.15, 0.2) is 126 Å². The van der Waals surface area contributed by atoms with Crippen molar-refractivity contribution in [3.05, 3.63) is 137 Å². The van der Waals surface area contributed by atoms with E-state index in [1.807, 2.05) is 97.1 Å². The van der Waals surface area contributed by atoms with Gasteiger partial charge >= 0.3 is 0 Å². The van der Waals surface area contributed by atoms with E-state index < -0.39 is 0 Å². The minimum absolute atomic E-state index is 0.244. The fourth-order valence-corrected chi connectivity index (χ4v) is 5.80. The molecule has 8 heteroatoms. The largest absolute Gasteiger partial charge is 0.275 e. The third kappa shape index (κ3) is 4.33. The van der Waals surface area contributed by atoms with Crippen molar-refractivity contribution < 1.29 is 9.59 Å². The normalized spacial score (nSPS) is 15.2. The molecule has 4 aromatic carbocycles. The van der Waals surface area contributed by atoms with Crippen LogP contribution in [0, 0.1) is 0 Å². The smallest absolute Gasteiger partial charge is 0.265 e. The first-order valence-corrected chi connectivity index (χ1v) is 14.7. The summed E-state index contributed by atoms with van der Waals surface area (Å²) in [7, 11) is 0. The van der Waals surface area contributed by atoms with Crippen LogP contribution in [0.2, 0.25) is 0 Å². The molecule has 0 unspecified atom stereocenters. The number of rotatable bonds is 4. The lowest BCUT2D eigenvalue weighted by Crippen LogP contribution is -2.29. The predicted molar refractivity (Wildman–Crippen MR) is 165 cm³/mol. The fraction of sp³-hybridized carbons (Fsp3) is 0. The summed E-state index contributed by atoms with van der Waals surface area (Å²) in [6, 6.07) is 30.4. The Morgan fingerprint density at radius 3 is 0.947 bits per heavy atom. The maximum absolute atomic E-state index is 14.4. The van der Waals surface area contributed by atoms with Crippen molar-refractivity contribution in [3.63, 3.8) is 0 Å². The molecule has 0 aliphatic carbocycles. The number of anilines is 2. The zero-order valence-corrected chi connectivity index (χ0v) is 25.8. The second kappa shape index (κ2) is 10.1. The van der Waals surface area contributed by atoms with Crippen LogP contribution >= 0.6 is 63.7 Å². The molecule has 4 aromatic rings. The Morgan fingerprint density at radius 2 is 0.658 bits per heavy atom. The SMILES string of the molecule is O=C1C2=C(c3ccc(Br)cc3)N(c3ccc(Br)cc3)C(=O)C2=C(c2ccc(Br)cc2)N1c1ccc(Br)cc1. The van der Waals surface area contributed by atoms with Crippen LogP contribution in [0.1, 0.15) is 11.1 Å². The Morgan fingerprint density at radius 1 is 0.395 bits per heavy atom. The lowest BCUT2D eigenvalue weighted by Gasteiger charge is -2.25. The Labute approximate surface area is 253 Å².